The minimum absolute atomic E-state index is 0.250. The molecule has 1 aromatic heterocycles. The molecule has 20 heavy (non-hydrogen) atoms. The van der Waals surface area contributed by atoms with Crippen molar-refractivity contribution in [1.82, 2.24) is 9.55 Å². The molecule has 0 saturated carbocycles. The summed E-state index contributed by atoms with van der Waals surface area (Å²) in [5, 5.41) is 0. The van der Waals surface area contributed by atoms with Crippen molar-refractivity contribution in [1.29, 1.82) is 0 Å². The van der Waals surface area contributed by atoms with Crippen LogP contribution in [0.4, 0.5) is 4.39 Å². The van der Waals surface area contributed by atoms with Crippen molar-refractivity contribution in [3.05, 3.63) is 46.2 Å². The number of carbonyl (C=O) groups excluding carboxylic acids is 2. The fourth-order valence-electron chi connectivity index (χ4n) is 1.75. The van der Waals surface area contributed by atoms with E-state index in [1.807, 2.05) is 23.8 Å². The number of rotatable bonds is 3. The second-order valence-electron chi connectivity index (χ2n) is 3.91. The van der Waals surface area contributed by atoms with E-state index in [1.165, 1.54) is 6.07 Å². The molecule has 1 aromatic carbocycles. The lowest BCUT2D eigenvalue weighted by atomic mass is 10.3. The van der Waals surface area contributed by atoms with Crippen LogP contribution in [0.1, 0.15) is 25.4 Å². The van der Waals surface area contributed by atoms with Crippen molar-refractivity contribution in [3.8, 4) is 5.69 Å². The van der Waals surface area contributed by atoms with Crippen molar-refractivity contribution in [2.45, 2.75) is 26.7 Å². The van der Waals surface area contributed by atoms with Gasteiger partial charge in [-0.1, -0.05) is 13.8 Å². The first-order chi connectivity index (χ1) is 9.57. The standard InChI is InChI=1S/C13H14BrFN2.CO2/c1-3-9-8-17(13(4-2)16-9)10-5-6-11(14)12(15)7-10;2-1-3/h5-8H,3-4H2,1-2H3;. The van der Waals surface area contributed by atoms with E-state index in [0.717, 1.165) is 30.0 Å². The lowest BCUT2D eigenvalue weighted by Crippen LogP contribution is -1.99. The quantitative estimate of drug-likeness (QED) is 0.861. The van der Waals surface area contributed by atoms with Gasteiger partial charge in [0.25, 0.3) is 0 Å². The number of imidazole rings is 1. The van der Waals surface area contributed by atoms with Crippen molar-refractivity contribution >= 4 is 22.1 Å². The lowest BCUT2D eigenvalue weighted by Gasteiger charge is -2.06. The average molecular weight is 341 g/mol. The van der Waals surface area contributed by atoms with Gasteiger partial charge in [0, 0.05) is 18.3 Å². The molecule has 106 valence electrons. The third-order valence-electron chi connectivity index (χ3n) is 2.69. The van der Waals surface area contributed by atoms with E-state index in [2.05, 4.69) is 27.8 Å². The highest BCUT2D eigenvalue weighted by molar-refractivity contribution is 9.10. The number of aromatic nitrogens is 2. The van der Waals surface area contributed by atoms with Gasteiger partial charge in [0.1, 0.15) is 11.6 Å². The molecule has 6 heteroatoms. The molecule has 2 rings (SSSR count). The summed E-state index contributed by atoms with van der Waals surface area (Å²) in [6.07, 6.45) is 3.94. The van der Waals surface area contributed by atoms with E-state index in [0.29, 0.717) is 4.47 Å². The van der Waals surface area contributed by atoms with Crippen molar-refractivity contribution in [2.24, 2.45) is 0 Å². The third kappa shape index (κ3) is 3.85. The second kappa shape index (κ2) is 7.72. The molecule has 1 heterocycles. The Morgan fingerprint density at radius 2 is 1.95 bits per heavy atom. The summed E-state index contributed by atoms with van der Waals surface area (Å²) in [6.45, 7) is 4.11. The first kappa shape index (κ1) is 16.3. The lowest BCUT2D eigenvalue weighted by molar-refractivity contribution is -0.191. The van der Waals surface area contributed by atoms with Crippen LogP contribution in [0.2, 0.25) is 0 Å². The van der Waals surface area contributed by atoms with Gasteiger partial charge >= 0.3 is 6.15 Å². The SMILES string of the molecule is CCc1cn(-c2ccc(Br)c(F)c2)c(CC)n1.O=C=O. The predicted molar refractivity (Wildman–Crippen MR) is 75.0 cm³/mol. The van der Waals surface area contributed by atoms with Crippen LogP contribution in [0.25, 0.3) is 5.69 Å². The monoisotopic (exact) mass is 340 g/mol. The Morgan fingerprint density at radius 1 is 1.30 bits per heavy atom. The Kier molecular flexibility index (Phi) is 6.28. The van der Waals surface area contributed by atoms with Gasteiger partial charge in [-0.2, -0.15) is 9.59 Å². The number of nitrogens with zero attached hydrogens (tertiary/aromatic N) is 2. The van der Waals surface area contributed by atoms with Gasteiger partial charge in [-0.3, -0.25) is 0 Å². The average Bonchev–Trinajstić information content (AvgIpc) is 2.86. The van der Waals surface area contributed by atoms with E-state index >= 15 is 0 Å². The Morgan fingerprint density at radius 3 is 2.45 bits per heavy atom. The van der Waals surface area contributed by atoms with Crippen LogP contribution in [0.5, 0.6) is 0 Å². The fraction of sp³-hybridized carbons (Fsp3) is 0.286. The van der Waals surface area contributed by atoms with Gasteiger partial charge in [-0.15, -0.1) is 0 Å². The smallest absolute Gasteiger partial charge is 0.303 e. The summed E-state index contributed by atoms with van der Waals surface area (Å²) in [5.74, 6) is 0.708. The van der Waals surface area contributed by atoms with Crippen LogP contribution < -0.4 is 0 Å². The maximum atomic E-state index is 13.5. The zero-order chi connectivity index (χ0) is 15.1. The summed E-state index contributed by atoms with van der Waals surface area (Å²) in [5.41, 5.74) is 1.85. The van der Waals surface area contributed by atoms with Crippen molar-refractivity contribution in [3.63, 3.8) is 0 Å². The molecule has 0 radical (unpaired) electrons. The third-order valence-corrected chi connectivity index (χ3v) is 3.33. The molecule has 0 aliphatic carbocycles. The number of halogens is 2. The number of hydrogen-bond donors (Lipinski definition) is 0. The highest BCUT2D eigenvalue weighted by Crippen LogP contribution is 2.20. The summed E-state index contributed by atoms with van der Waals surface area (Å²) in [7, 11) is 0. The van der Waals surface area contributed by atoms with E-state index in [1.54, 1.807) is 6.07 Å². The van der Waals surface area contributed by atoms with Crippen molar-refractivity contribution in [2.75, 3.05) is 0 Å². The summed E-state index contributed by atoms with van der Waals surface area (Å²) in [4.78, 5) is 20.8. The Bertz CT molecular complexity index is 620. The van der Waals surface area contributed by atoms with Crippen LogP contribution in [0.3, 0.4) is 0 Å². The molecule has 0 aliphatic rings. The molecular formula is C14H14BrFN2O2. The van der Waals surface area contributed by atoms with Crippen LogP contribution >= 0.6 is 15.9 Å². The summed E-state index contributed by atoms with van der Waals surface area (Å²) >= 11 is 3.16. The maximum Gasteiger partial charge on any atom is 0.373 e. The van der Waals surface area contributed by atoms with Crippen molar-refractivity contribution < 1.29 is 14.0 Å². The minimum atomic E-state index is -0.253. The molecule has 0 bridgehead atoms. The van der Waals surface area contributed by atoms with E-state index < -0.39 is 0 Å². The molecule has 0 N–H and O–H groups in total. The molecule has 0 amide bonds. The fourth-order valence-corrected chi connectivity index (χ4v) is 2.00. The van der Waals surface area contributed by atoms with Crippen LogP contribution in [-0.2, 0) is 22.4 Å². The van der Waals surface area contributed by atoms with Crippen LogP contribution in [0, 0.1) is 5.82 Å². The highest BCUT2D eigenvalue weighted by Gasteiger charge is 2.08. The van der Waals surface area contributed by atoms with Crippen LogP contribution in [-0.4, -0.2) is 15.7 Å². The molecule has 0 saturated heterocycles. The molecule has 4 nitrogen and oxygen atoms in total. The first-order valence-corrected chi connectivity index (χ1v) is 6.88. The number of hydrogen-bond acceptors (Lipinski definition) is 3. The van der Waals surface area contributed by atoms with Gasteiger partial charge in [0.05, 0.1) is 10.2 Å². The molecule has 0 fully saturated rings. The highest BCUT2D eigenvalue weighted by atomic mass is 79.9. The summed E-state index contributed by atoms with van der Waals surface area (Å²) in [6, 6.07) is 5.12. The van der Waals surface area contributed by atoms with E-state index in [4.69, 9.17) is 9.59 Å². The molecule has 0 spiro atoms. The Labute approximate surface area is 124 Å². The van der Waals surface area contributed by atoms with Gasteiger partial charge in [0.15, 0.2) is 0 Å². The van der Waals surface area contributed by atoms with Gasteiger partial charge < -0.3 is 4.57 Å². The normalized spacial score (nSPS) is 9.60. The van der Waals surface area contributed by atoms with Crippen LogP contribution in [0.15, 0.2) is 28.9 Å². The Hall–Kier alpha value is -1.78. The van der Waals surface area contributed by atoms with E-state index in [-0.39, 0.29) is 12.0 Å². The molecule has 0 unspecified atom stereocenters. The molecular weight excluding hydrogens is 327 g/mol. The van der Waals surface area contributed by atoms with E-state index in [9.17, 15) is 4.39 Å². The molecule has 0 aliphatic heterocycles. The van der Waals surface area contributed by atoms with Gasteiger partial charge in [-0.25, -0.2) is 9.37 Å². The van der Waals surface area contributed by atoms with Gasteiger partial charge in [-0.05, 0) is 40.5 Å². The largest absolute Gasteiger partial charge is 0.373 e. The zero-order valence-corrected chi connectivity index (χ0v) is 12.8. The topological polar surface area (TPSA) is 52.0 Å². The first-order valence-electron chi connectivity index (χ1n) is 6.09. The Balaban J connectivity index is 0.000000612. The zero-order valence-electron chi connectivity index (χ0n) is 11.2. The second-order valence-corrected chi connectivity index (χ2v) is 4.76. The number of benzene rings is 1. The maximum absolute atomic E-state index is 13.5. The summed E-state index contributed by atoms with van der Waals surface area (Å²) < 4.78 is 15.9. The number of aryl methyl sites for hydroxylation is 2. The molecule has 2 aromatic rings. The van der Waals surface area contributed by atoms with Gasteiger partial charge in [0.2, 0.25) is 0 Å². The minimum Gasteiger partial charge on any atom is -0.303 e. The predicted octanol–water partition coefficient (Wildman–Crippen LogP) is 3.32. The molecule has 0 atom stereocenters.